The minimum absolute atomic E-state index is 0.497. The van der Waals surface area contributed by atoms with Crippen molar-refractivity contribution in [2.24, 2.45) is 5.92 Å². The van der Waals surface area contributed by atoms with Gasteiger partial charge in [0.05, 0.1) is 5.60 Å². The third-order valence-corrected chi connectivity index (χ3v) is 5.50. The molecule has 0 aliphatic carbocycles. The number of rotatable bonds is 5. The molecule has 2 aliphatic rings. The van der Waals surface area contributed by atoms with Crippen molar-refractivity contribution >= 4 is 0 Å². The van der Waals surface area contributed by atoms with E-state index < -0.39 is 5.60 Å². The second-order valence-corrected chi connectivity index (χ2v) is 7.24. The number of nitrogens with zero attached hydrogens (tertiary/aromatic N) is 2. The van der Waals surface area contributed by atoms with Crippen molar-refractivity contribution in [3.05, 3.63) is 35.9 Å². The van der Waals surface area contributed by atoms with E-state index in [9.17, 15) is 5.11 Å². The third-order valence-electron chi connectivity index (χ3n) is 5.50. The fraction of sp³-hybridized carbons (Fsp3) is 0.684. The fourth-order valence-electron chi connectivity index (χ4n) is 4.02. The molecule has 0 saturated carbocycles. The van der Waals surface area contributed by atoms with Crippen LogP contribution in [0.25, 0.3) is 0 Å². The van der Waals surface area contributed by atoms with E-state index in [1.807, 2.05) is 6.07 Å². The first-order valence-electron chi connectivity index (χ1n) is 8.88. The highest BCUT2D eigenvalue weighted by molar-refractivity contribution is 5.17. The normalized spacial score (nSPS) is 26.4. The van der Waals surface area contributed by atoms with Gasteiger partial charge >= 0.3 is 0 Å². The lowest BCUT2D eigenvalue weighted by atomic mass is 9.85. The number of piperidine rings is 1. The average molecular weight is 302 g/mol. The summed E-state index contributed by atoms with van der Waals surface area (Å²) >= 11 is 0. The van der Waals surface area contributed by atoms with Crippen LogP contribution in [-0.4, -0.2) is 59.8 Å². The highest BCUT2D eigenvalue weighted by atomic mass is 16.3. The highest BCUT2D eigenvalue weighted by Gasteiger charge is 2.33. The molecule has 3 nitrogen and oxygen atoms in total. The van der Waals surface area contributed by atoms with Crippen LogP contribution in [-0.2, 0) is 6.42 Å². The summed E-state index contributed by atoms with van der Waals surface area (Å²) in [6, 6.07) is 10.4. The topological polar surface area (TPSA) is 26.7 Å². The van der Waals surface area contributed by atoms with E-state index in [2.05, 4.69) is 41.0 Å². The zero-order valence-electron chi connectivity index (χ0n) is 13.9. The smallest absolute Gasteiger partial charge is 0.0712 e. The van der Waals surface area contributed by atoms with E-state index in [0.29, 0.717) is 0 Å². The van der Waals surface area contributed by atoms with Crippen molar-refractivity contribution < 1.29 is 5.11 Å². The van der Waals surface area contributed by atoms with Crippen LogP contribution in [0.3, 0.4) is 0 Å². The second-order valence-electron chi connectivity index (χ2n) is 7.24. The summed E-state index contributed by atoms with van der Waals surface area (Å²) in [6.45, 7) is 9.30. The molecule has 2 fully saturated rings. The number of aliphatic hydroxyl groups is 1. The SMILES string of the molecule is CCN1CCC(CN2CCC(O)(Cc3ccccc3)CC2)C1. The summed E-state index contributed by atoms with van der Waals surface area (Å²) in [4.78, 5) is 5.13. The molecule has 1 aromatic carbocycles. The first-order chi connectivity index (χ1) is 10.7. The van der Waals surface area contributed by atoms with E-state index in [1.165, 1.54) is 38.2 Å². The minimum Gasteiger partial charge on any atom is -0.389 e. The predicted molar refractivity (Wildman–Crippen MR) is 91.0 cm³/mol. The van der Waals surface area contributed by atoms with Gasteiger partial charge in [0.15, 0.2) is 0 Å². The molecular formula is C19H30N2O. The van der Waals surface area contributed by atoms with Gasteiger partial charge in [-0.2, -0.15) is 0 Å². The van der Waals surface area contributed by atoms with Gasteiger partial charge in [-0.05, 0) is 43.8 Å². The Morgan fingerprint density at radius 1 is 1.09 bits per heavy atom. The zero-order chi connectivity index (χ0) is 15.4. The molecule has 0 bridgehead atoms. The largest absolute Gasteiger partial charge is 0.389 e. The van der Waals surface area contributed by atoms with Crippen molar-refractivity contribution in [2.45, 2.75) is 38.2 Å². The number of benzene rings is 1. The Labute approximate surface area is 134 Å². The number of hydrogen-bond acceptors (Lipinski definition) is 3. The maximum Gasteiger partial charge on any atom is 0.0712 e. The summed E-state index contributed by atoms with van der Waals surface area (Å²) in [5.41, 5.74) is 0.760. The molecule has 22 heavy (non-hydrogen) atoms. The monoisotopic (exact) mass is 302 g/mol. The van der Waals surface area contributed by atoms with Gasteiger partial charge in [0, 0.05) is 32.6 Å². The summed E-state index contributed by atoms with van der Waals surface area (Å²) < 4.78 is 0. The van der Waals surface area contributed by atoms with Gasteiger partial charge in [0.25, 0.3) is 0 Å². The number of likely N-dealkylation sites (tertiary alicyclic amines) is 2. The van der Waals surface area contributed by atoms with Gasteiger partial charge in [0.2, 0.25) is 0 Å². The van der Waals surface area contributed by atoms with Crippen molar-refractivity contribution in [3.63, 3.8) is 0 Å². The van der Waals surface area contributed by atoms with E-state index in [1.54, 1.807) is 0 Å². The van der Waals surface area contributed by atoms with Gasteiger partial charge in [-0.15, -0.1) is 0 Å². The lowest BCUT2D eigenvalue weighted by molar-refractivity contribution is -0.0233. The van der Waals surface area contributed by atoms with Crippen LogP contribution >= 0.6 is 0 Å². The molecule has 1 N–H and O–H groups in total. The summed E-state index contributed by atoms with van der Waals surface area (Å²) in [5, 5.41) is 10.8. The van der Waals surface area contributed by atoms with E-state index in [-0.39, 0.29) is 0 Å². The molecule has 3 rings (SSSR count). The van der Waals surface area contributed by atoms with Crippen LogP contribution in [0.5, 0.6) is 0 Å². The molecule has 0 aromatic heterocycles. The second kappa shape index (κ2) is 7.12. The molecule has 0 radical (unpaired) electrons. The van der Waals surface area contributed by atoms with E-state index >= 15 is 0 Å². The Balaban J connectivity index is 1.46. The Hall–Kier alpha value is -0.900. The highest BCUT2D eigenvalue weighted by Crippen LogP contribution is 2.27. The molecule has 2 aliphatic heterocycles. The van der Waals surface area contributed by atoms with Crippen molar-refractivity contribution in [3.8, 4) is 0 Å². The van der Waals surface area contributed by atoms with Gasteiger partial charge < -0.3 is 14.9 Å². The third kappa shape index (κ3) is 4.09. The first kappa shape index (κ1) is 16.0. The Morgan fingerprint density at radius 2 is 1.82 bits per heavy atom. The summed E-state index contributed by atoms with van der Waals surface area (Å²) in [6.07, 6.45) is 3.96. The van der Waals surface area contributed by atoms with Crippen molar-refractivity contribution in [1.29, 1.82) is 0 Å². The molecule has 1 aromatic rings. The van der Waals surface area contributed by atoms with Crippen LogP contribution < -0.4 is 0 Å². The average Bonchev–Trinajstić information content (AvgIpc) is 2.98. The van der Waals surface area contributed by atoms with E-state index in [0.717, 1.165) is 38.3 Å². The maximum absolute atomic E-state index is 10.8. The standard InChI is InChI=1S/C19H30N2O/c1-2-20-11-8-18(15-20)16-21-12-9-19(22,10-13-21)14-17-6-4-3-5-7-17/h3-7,18,22H,2,8-16H2,1H3. The molecule has 2 heterocycles. The van der Waals surface area contributed by atoms with Gasteiger partial charge in [0.1, 0.15) is 0 Å². The fourth-order valence-corrected chi connectivity index (χ4v) is 4.02. The van der Waals surface area contributed by atoms with Crippen LogP contribution in [0.2, 0.25) is 0 Å². The quantitative estimate of drug-likeness (QED) is 0.905. The number of hydrogen-bond donors (Lipinski definition) is 1. The first-order valence-corrected chi connectivity index (χ1v) is 8.88. The van der Waals surface area contributed by atoms with Crippen LogP contribution in [0.15, 0.2) is 30.3 Å². The lowest BCUT2D eigenvalue weighted by Crippen LogP contribution is -2.47. The molecular weight excluding hydrogens is 272 g/mol. The summed E-state index contributed by atoms with van der Waals surface area (Å²) in [7, 11) is 0. The maximum atomic E-state index is 10.8. The molecule has 0 amide bonds. The van der Waals surface area contributed by atoms with E-state index in [4.69, 9.17) is 0 Å². The van der Waals surface area contributed by atoms with Gasteiger partial charge in [-0.1, -0.05) is 37.3 Å². The van der Waals surface area contributed by atoms with Gasteiger partial charge in [-0.3, -0.25) is 0 Å². The Bertz CT molecular complexity index is 454. The Kier molecular flexibility index (Phi) is 5.17. The Morgan fingerprint density at radius 3 is 2.45 bits per heavy atom. The zero-order valence-corrected chi connectivity index (χ0v) is 13.9. The van der Waals surface area contributed by atoms with Crippen molar-refractivity contribution in [2.75, 3.05) is 39.3 Å². The predicted octanol–water partition coefficient (Wildman–Crippen LogP) is 2.40. The minimum atomic E-state index is -0.497. The summed E-state index contributed by atoms with van der Waals surface area (Å²) in [5.74, 6) is 0.834. The molecule has 3 heteroatoms. The molecule has 1 unspecified atom stereocenters. The van der Waals surface area contributed by atoms with Crippen LogP contribution in [0.4, 0.5) is 0 Å². The van der Waals surface area contributed by atoms with Crippen LogP contribution in [0, 0.1) is 5.92 Å². The molecule has 122 valence electrons. The molecule has 2 saturated heterocycles. The van der Waals surface area contributed by atoms with Gasteiger partial charge in [-0.25, -0.2) is 0 Å². The molecule has 0 spiro atoms. The molecule has 1 atom stereocenters. The lowest BCUT2D eigenvalue weighted by Gasteiger charge is -2.39. The van der Waals surface area contributed by atoms with Crippen molar-refractivity contribution in [1.82, 2.24) is 9.80 Å². The van der Waals surface area contributed by atoms with Crippen LogP contribution in [0.1, 0.15) is 31.7 Å².